The highest BCUT2D eigenvalue weighted by Gasteiger charge is 2.19. The number of hydrogen-bond acceptors (Lipinski definition) is 4. The Morgan fingerprint density at radius 2 is 2.05 bits per heavy atom. The highest BCUT2D eigenvalue weighted by atomic mass is 16.5. The number of nitriles is 1. The Labute approximate surface area is 111 Å². The van der Waals surface area contributed by atoms with E-state index in [4.69, 9.17) is 19.2 Å². The van der Waals surface area contributed by atoms with Gasteiger partial charge in [0.05, 0.1) is 12.0 Å². The average molecular weight is 257 g/mol. The number of rotatable bonds is 3. The predicted molar refractivity (Wildman–Crippen MR) is 70.0 cm³/mol. The third-order valence-electron chi connectivity index (χ3n) is 3.46. The smallest absolute Gasteiger partial charge is 0.246 e. The van der Waals surface area contributed by atoms with Crippen molar-refractivity contribution in [2.24, 2.45) is 5.92 Å². The Bertz CT molecular complexity index is 605. The van der Waals surface area contributed by atoms with Gasteiger partial charge in [-0.3, -0.25) is 0 Å². The summed E-state index contributed by atoms with van der Waals surface area (Å²) in [4.78, 5) is 0. The summed E-state index contributed by atoms with van der Waals surface area (Å²) >= 11 is 0. The Balaban J connectivity index is 1.81. The Hall–Kier alpha value is -1.99. The maximum Gasteiger partial charge on any atom is 0.246 e. The van der Waals surface area contributed by atoms with Gasteiger partial charge in [-0.1, -0.05) is 12.1 Å². The predicted octanol–water partition coefficient (Wildman–Crippen LogP) is 3.11. The van der Waals surface area contributed by atoms with Crippen molar-refractivity contribution >= 4 is 11.0 Å². The van der Waals surface area contributed by atoms with E-state index in [0.29, 0.717) is 23.9 Å². The van der Waals surface area contributed by atoms with Crippen LogP contribution in [0.15, 0.2) is 28.7 Å². The normalized spacial score (nSPS) is 16.4. The molecule has 1 saturated heterocycles. The van der Waals surface area contributed by atoms with Gasteiger partial charge < -0.3 is 13.9 Å². The van der Waals surface area contributed by atoms with Crippen molar-refractivity contribution in [1.29, 1.82) is 5.26 Å². The van der Waals surface area contributed by atoms with Gasteiger partial charge in [0.2, 0.25) is 5.76 Å². The third-order valence-corrected chi connectivity index (χ3v) is 3.46. The molecule has 19 heavy (non-hydrogen) atoms. The molecule has 1 aliphatic heterocycles. The van der Waals surface area contributed by atoms with Gasteiger partial charge >= 0.3 is 0 Å². The zero-order valence-corrected chi connectivity index (χ0v) is 10.6. The molecular weight excluding hydrogens is 242 g/mol. The van der Waals surface area contributed by atoms with E-state index in [9.17, 15) is 0 Å². The molecule has 0 bridgehead atoms. The maximum atomic E-state index is 9.11. The van der Waals surface area contributed by atoms with Crippen LogP contribution in [0.1, 0.15) is 18.6 Å². The first-order chi connectivity index (χ1) is 9.38. The van der Waals surface area contributed by atoms with Crippen molar-refractivity contribution in [2.45, 2.75) is 12.8 Å². The molecule has 4 nitrogen and oxygen atoms in total. The molecular formula is C15H15NO3. The van der Waals surface area contributed by atoms with Crippen LogP contribution >= 0.6 is 0 Å². The SMILES string of the molecule is N#Cc1oc2ccccc2c1OCC1CCOCC1. The van der Waals surface area contributed by atoms with E-state index in [0.717, 1.165) is 31.4 Å². The van der Waals surface area contributed by atoms with E-state index < -0.39 is 0 Å². The van der Waals surface area contributed by atoms with Crippen LogP contribution in [0.3, 0.4) is 0 Å². The molecule has 0 amide bonds. The van der Waals surface area contributed by atoms with Gasteiger partial charge in [0.25, 0.3) is 0 Å². The molecule has 1 aliphatic rings. The monoisotopic (exact) mass is 257 g/mol. The summed E-state index contributed by atoms with van der Waals surface area (Å²) in [7, 11) is 0. The van der Waals surface area contributed by atoms with Gasteiger partial charge in [0.1, 0.15) is 11.7 Å². The maximum absolute atomic E-state index is 9.11. The second-order valence-electron chi connectivity index (χ2n) is 4.74. The molecule has 0 unspecified atom stereocenters. The van der Waals surface area contributed by atoms with Gasteiger partial charge in [0, 0.05) is 13.2 Å². The quantitative estimate of drug-likeness (QED) is 0.847. The first-order valence-corrected chi connectivity index (χ1v) is 6.50. The third kappa shape index (κ3) is 2.42. The van der Waals surface area contributed by atoms with Crippen molar-refractivity contribution in [2.75, 3.05) is 19.8 Å². The molecule has 0 radical (unpaired) electrons. The fraction of sp³-hybridized carbons (Fsp3) is 0.400. The van der Waals surface area contributed by atoms with Crippen LogP contribution in [-0.2, 0) is 4.74 Å². The molecule has 2 aromatic rings. The summed E-state index contributed by atoms with van der Waals surface area (Å²) in [6.07, 6.45) is 2.02. The van der Waals surface area contributed by atoms with Crippen molar-refractivity contribution in [3.8, 4) is 11.8 Å². The average Bonchev–Trinajstić information content (AvgIpc) is 2.84. The van der Waals surface area contributed by atoms with Crippen LogP contribution in [-0.4, -0.2) is 19.8 Å². The van der Waals surface area contributed by atoms with Crippen molar-refractivity contribution in [3.63, 3.8) is 0 Å². The molecule has 0 atom stereocenters. The molecule has 1 fully saturated rings. The number of furan rings is 1. The highest BCUT2D eigenvalue weighted by molar-refractivity contribution is 5.86. The van der Waals surface area contributed by atoms with Crippen LogP contribution in [0.2, 0.25) is 0 Å². The van der Waals surface area contributed by atoms with Gasteiger partial charge in [-0.25, -0.2) is 0 Å². The number of hydrogen-bond donors (Lipinski definition) is 0. The number of fused-ring (bicyclic) bond motifs is 1. The first kappa shape index (κ1) is 12.1. The van der Waals surface area contributed by atoms with E-state index in [2.05, 4.69) is 6.07 Å². The fourth-order valence-corrected chi connectivity index (χ4v) is 2.35. The first-order valence-electron chi connectivity index (χ1n) is 6.50. The molecule has 0 aliphatic carbocycles. The standard InChI is InChI=1S/C15H15NO3/c16-9-14-15(12-3-1-2-4-13(12)19-14)18-10-11-5-7-17-8-6-11/h1-4,11H,5-8,10H2. The summed E-state index contributed by atoms with van der Waals surface area (Å²) in [6.45, 7) is 2.21. The van der Waals surface area contributed by atoms with Gasteiger partial charge in [0.15, 0.2) is 5.75 Å². The van der Waals surface area contributed by atoms with E-state index in [1.807, 2.05) is 24.3 Å². The van der Waals surface area contributed by atoms with Crippen LogP contribution in [0.4, 0.5) is 0 Å². The summed E-state index contributed by atoms with van der Waals surface area (Å²) in [5.74, 6) is 1.33. The summed E-state index contributed by atoms with van der Waals surface area (Å²) < 4.78 is 16.7. The van der Waals surface area contributed by atoms with E-state index in [-0.39, 0.29) is 5.76 Å². The van der Waals surface area contributed by atoms with Gasteiger partial charge in [-0.15, -0.1) is 0 Å². The lowest BCUT2D eigenvalue weighted by atomic mass is 10.0. The molecule has 3 rings (SSSR count). The van der Waals surface area contributed by atoms with Gasteiger partial charge in [-0.05, 0) is 30.9 Å². The molecule has 98 valence electrons. The highest BCUT2D eigenvalue weighted by Crippen LogP contribution is 2.33. The Morgan fingerprint density at radius 3 is 2.84 bits per heavy atom. The van der Waals surface area contributed by atoms with Crippen LogP contribution in [0.25, 0.3) is 11.0 Å². The number of ether oxygens (including phenoxy) is 2. The molecule has 0 spiro atoms. The van der Waals surface area contributed by atoms with E-state index in [1.165, 1.54) is 0 Å². The minimum atomic E-state index is 0.258. The largest absolute Gasteiger partial charge is 0.488 e. The molecule has 1 aromatic heterocycles. The fourth-order valence-electron chi connectivity index (χ4n) is 2.35. The molecule has 1 aromatic carbocycles. The van der Waals surface area contributed by atoms with Crippen molar-refractivity contribution in [1.82, 2.24) is 0 Å². The molecule has 0 N–H and O–H groups in total. The molecule has 0 saturated carbocycles. The van der Waals surface area contributed by atoms with Crippen LogP contribution in [0, 0.1) is 17.2 Å². The lowest BCUT2D eigenvalue weighted by molar-refractivity contribution is 0.0498. The Kier molecular flexibility index (Phi) is 3.39. The Morgan fingerprint density at radius 1 is 1.26 bits per heavy atom. The van der Waals surface area contributed by atoms with Crippen molar-refractivity contribution < 1.29 is 13.9 Å². The zero-order valence-electron chi connectivity index (χ0n) is 10.6. The van der Waals surface area contributed by atoms with E-state index in [1.54, 1.807) is 0 Å². The lowest BCUT2D eigenvalue weighted by Gasteiger charge is -2.21. The van der Waals surface area contributed by atoms with Crippen LogP contribution in [0.5, 0.6) is 5.75 Å². The second-order valence-corrected chi connectivity index (χ2v) is 4.74. The minimum absolute atomic E-state index is 0.258. The van der Waals surface area contributed by atoms with Gasteiger partial charge in [-0.2, -0.15) is 5.26 Å². The zero-order chi connectivity index (χ0) is 13.1. The molecule has 2 heterocycles. The summed E-state index contributed by atoms with van der Waals surface area (Å²) in [5.41, 5.74) is 0.695. The topological polar surface area (TPSA) is 55.4 Å². The molecule has 4 heteroatoms. The summed E-state index contributed by atoms with van der Waals surface area (Å²) in [6, 6.07) is 9.62. The summed E-state index contributed by atoms with van der Waals surface area (Å²) in [5, 5.41) is 9.98. The second kappa shape index (κ2) is 5.33. The van der Waals surface area contributed by atoms with Crippen molar-refractivity contribution in [3.05, 3.63) is 30.0 Å². The number of benzene rings is 1. The minimum Gasteiger partial charge on any atom is -0.488 e. The van der Waals surface area contributed by atoms with E-state index >= 15 is 0 Å². The lowest BCUT2D eigenvalue weighted by Crippen LogP contribution is -2.21. The van der Waals surface area contributed by atoms with Crippen LogP contribution < -0.4 is 4.74 Å². The number of para-hydroxylation sites is 1. The number of nitrogens with zero attached hydrogens (tertiary/aromatic N) is 1.